The summed E-state index contributed by atoms with van der Waals surface area (Å²) < 4.78 is 10.9. The van der Waals surface area contributed by atoms with Crippen molar-refractivity contribution in [3.8, 4) is 0 Å². The molecule has 0 amide bonds. The van der Waals surface area contributed by atoms with Gasteiger partial charge >= 0.3 is 11.9 Å². The average Bonchev–Trinajstić information content (AvgIpc) is 3.11. The van der Waals surface area contributed by atoms with Crippen LogP contribution in [0, 0.1) is 46.3 Å². The smallest absolute Gasteiger partial charge is 0.305 e. The number of rotatable bonds is 5. The predicted molar refractivity (Wildman–Crippen MR) is 124 cm³/mol. The van der Waals surface area contributed by atoms with Crippen LogP contribution in [0.2, 0.25) is 0 Å². The summed E-state index contributed by atoms with van der Waals surface area (Å²) in [6.45, 7) is 8.34. The van der Waals surface area contributed by atoms with E-state index in [0.717, 1.165) is 51.4 Å². The van der Waals surface area contributed by atoms with Crippen LogP contribution in [-0.2, 0) is 19.1 Å². The van der Waals surface area contributed by atoms with Gasteiger partial charge in [-0.25, -0.2) is 0 Å². The molecule has 11 atom stereocenters. The van der Waals surface area contributed by atoms with Crippen molar-refractivity contribution in [1.29, 1.82) is 0 Å². The van der Waals surface area contributed by atoms with Crippen LogP contribution in [-0.4, -0.2) is 47.6 Å². The minimum atomic E-state index is -0.405. The summed E-state index contributed by atoms with van der Waals surface area (Å²) in [6.07, 6.45) is 6.54. The van der Waals surface area contributed by atoms with Crippen LogP contribution >= 0.6 is 0 Å². The lowest BCUT2D eigenvalue weighted by Gasteiger charge is -2.63. The van der Waals surface area contributed by atoms with Crippen LogP contribution in [0.15, 0.2) is 0 Å². The zero-order chi connectivity index (χ0) is 24.1. The molecule has 6 nitrogen and oxygen atoms in total. The normalized spacial score (nSPS) is 47.6. The molecule has 0 aromatic rings. The fraction of sp³-hybridized carbons (Fsp3) is 0.926. The lowest BCUT2D eigenvalue weighted by molar-refractivity contribution is -0.216. The first-order chi connectivity index (χ1) is 15.5. The highest BCUT2D eigenvalue weighted by atomic mass is 16.5. The van der Waals surface area contributed by atoms with Gasteiger partial charge in [0.2, 0.25) is 0 Å². The Labute approximate surface area is 198 Å². The molecule has 4 fully saturated rings. The molecule has 0 radical (unpaired) electrons. The lowest BCUT2D eigenvalue weighted by atomic mass is 9.43. The van der Waals surface area contributed by atoms with Gasteiger partial charge in [-0.1, -0.05) is 20.8 Å². The number of esters is 2. The maximum absolute atomic E-state index is 12.1. The SMILES string of the molecule is COC(=O)CC[C@H](C)[C@H]1CC[C@H]2[C@@H]3[C@H](OC(C)=O)C[C@H]4C[C@@H](O)CC[C@]4(C)[C@H]3C[C@H](O)[C@]12C. The first kappa shape index (κ1) is 25.0. The largest absolute Gasteiger partial charge is 0.469 e. The van der Waals surface area contributed by atoms with Crippen LogP contribution in [0.5, 0.6) is 0 Å². The van der Waals surface area contributed by atoms with Crippen molar-refractivity contribution >= 4 is 11.9 Å². The van der Waals surface area contributed by atoms with Crippen LogP contribution in [0.3, 0.4) is 0 Å². The summed E-state index contributed by atoms with van der Waals surface area (Å²) in [5.74, 6) is 1.40. The molecule has 4 rings (SSSR count). The molecule has 4 aliphatic rings. The number of fused-ring (bicyclic) bond motifs is 5. The Morgan fingerprint density at radius 2 is 1.79 bits per heavy atom. The molecule has 6 heteroatoms. The Morgan fingerprint density at radius 3 is 2.45 bits per heavy atom. The number of methoxy groups -OCH3 is 1. The van der Waals surface area contributed by atoms with Gasteiger partial charge in [-0.3, -0.25) is 9.59 Å². The van der Waals surface area contributed by atoms with E-state index in [9.17, 15) is 19.8 Å². The highest BCUT2D eigenvalue weighted by molar-refractivity contribution is 5.69. The number of ether oxygens (including phenoxy) is 2. The summed E-state index contributed by atoms with van der Waals surface area (Å²) >= 11 is 0. The van der Waals surface area contributed by atoms with E-state index in [1.54, 1.807) is 0 Å². The predicted octanol–water partition coefficient (Wildman–Crippen LogP) is 4.11. The van der Waals surface area contributed by atoms with Gasteiger partial charge in [0, 0.05) is 19.3 Å². The van der Waals surface area contributed by atoms with E-state index < -0.39 is 6.10 Å². The van der Waals surface area contributed by atoms with Crippen molar-refractivity contribution in [2.75, 3.05) is 7.11 Å². The molecular formula is C27H44O6. The molecule has 0 spiro atoms. The summed E-state index contributed by atoms with van der Waals surface area (Å²) in [5, 5.41) is 22.1. The lowest BCUT2D eigenvalue weighted by Crippen LogP contribution is -2.62. The third-order valence-corrected chi connectivity index (χ3v) is 10.8. The summed E-state index contributed by atoms with van der Waals surface area (Å²) in [5.41, 5.74) is -0.177. The van der Waals surface area contributed by atoms with E-state index in [1.165, 1.54) is 14.0 Å². The number of carbonyl (C=O) groups is 2. The van der Waals surface area contributed by atoms with Crippen molar-refractivity contribution in [3.63, 3.8) is 0 Å². The monoisotopic (exact) mass is 464 g/mol. The Balaban J connectivity index is 1.64. The Hall–Kier alpha value is -1.14. The number of aliphatic hydroxyl groups is 2. The number of hydrogen-bond donors (Lipinski definition) is 2. The van der Waals surface area contributed by atoms with Crippen LogP contribution in [0.4, 0.5) is 0 Å². The quantitative estimate of drug-likeness (QED) is 0.595. The van der Waals surface area contributed by atoms with Gasteiger partial charge in [0.15, 0.2) is 0 Å². The van der Waals surface area contributed by atoms with Crippen LogP contribution < -0.4 is 0 Å². The first-order valence-electron chi connectivity index (χ1n) is 13.1. The highest BCUT2D eigenvalue weighted by Crippen LogP contribution is 2.68. The van der Waals surface area contributed by atoms with E-state index in [-0.39, 0.29) is 40.9 Å². The van der Waals surface area contributed by atoms with Crippen molar-refractivity contribution in [2.45, 2.75) is 104 Å². The van der Waals surface area contributed by atoms with E-state index >= 15 is 0 Å². The molecule has 188 valence electrons. The van der Waals surface area contributed by atoms with Gasteiger partial charge in [-0.05, 0) is 91.8 Å². The second kappa shape index (κ2) is 9.14. The standard InChI is InChI=1S/C27H44O6/c1-15(6-9-24(31)32-5)19-7-8-20-25-21(14-23(30)27(19,20)4)26(3)11-10-18(29)12-17(26)13-22(25)33-16(2)28/h15,17-23,25,29-30H,6-14H2,1-5H3/t15-,17+,18-,19+,20-,21-,22+,23-,25-,26-,27+/m0/s1. The molecule has 4 aliphatic carbocycles. The van der Waals surface area contributed by atoms with Crippen LogP contribution in [0.25, 0.3) is 0 Å². The van der Waals surface area contributed by atoms with Crippen molar-refractivity contribution < 1.29 is 29.3 Å². The number of carbonyl (C=O) groups excluding carboxylic acids is 2. The zero-order valence-corrected chi connectivity index (χ0v) is 21.1. The van der Waals surface area contributed by atoms with Gasteiger partial charge in [-0.15, -0.1) is 0 Å². The van der Waals surface area contributed by atoms with E-state index in [0.29, 0.717) is 36.0 Å². The third kappa shape index (κ3) is 4.13. The fourth-order valence-electron chi connectivity index (χ4n) is 9.09. The molecule has 33 heavy (non-hydrogen) atoms. The molecule has 0 saturated heterocycles. The molecule has 0 bridgehead atoms. The first-order valence-corrected chi connectivity index (χ1v) is 13.1. The van der Waals surface area contributed by atoms with Gasteiger partial charge < -0.3 is 19.7 Å². The maximum Gasteiger partial charge on any atom is 0.305 e. The van der Waals surface area contributed by atoms with Crippen LogP contribution in [0.1, 0.15) is 85.5 Å². The molecular weight excluding hydrogens is 420 g/mol. The molecule has 0 unspecified atom stereocenters. The molecule has 0 aromatic carbocycles. The van der Waals surface area contributed by atoms with E-state index in [4.69, 9.17) is 9.47 Å². The fourth-order valence-corrected chi connectivity index (χ4v) is 9.09. The Kier molecular flexibility index (Phi) is 6.92. The minimum Gasteiger partial charge on any atom is -0.469 e. The Morgan fingerprint density at radius 1 is 1.06 bits per heavy atom. The van der Waals surface area contributed by atoms with E-state index in [2.05, 4.69) is 20.8 Å². The average molecular weight is 465 g/mol. The summed E-state index contributed by atoms with van der Waals surface area (Å²) in [6, 6.07) is 0. The minimum absolute atomic E-state index is 0.0669. The maximum atomic E-state index is 12.1. The molecule has 0 aromatic heterocycles. The molecule has 0 heterocycles. The molecule has 4 saturated carbocycles. The van der Waals surface area contributed by atoms with Crippen molar-refractivity contribution in [3.05, 3.63) is 0 Å². The molecule has 2 N–H and O–H groups in total. The van der Waals surface area contributed by atoms with Gasteiger partial charge in [0.05, 0.1) is 19.3 Å². The zero-order valence-electron chi connectivity index (χ0n) is 21.1. The second-order valence-corrected chi connectivity index (χ2v) is 12.2. The van der Waals surface area contributed by atoms with Gasteiger partial charge in [0.1, 0.15) is 6.10 Å². The van der Waals surface area contributed by atoms with Gasteiger partial charge in [0.25, 0.3) is 0 Å². The number of hydrogen-bond acceptors (Lipinski definition) is 6. The number of aliphatic hydroxyl groups excluding tert-OH is 2. The summed E-state index contributed by atoms with van der Waals surface area (Å²) in [4.78, 5) is 23.9. The van der Waals surface area contributed by atoms with Crippen molar-refractivity contribution in [1.82, 2.24) is 0 Å². The topological polar surface area (TPSA) is 93.1 Å². The van der Waals surface area contributed by atoms with Crippen molar-refractivity contribution in [2.24, 2.45) is 46.3 Å². The van der Waals surface area contributed by atoms with Gasteiger partial charge in [-0.2, -0.15) is 0 Å². The van der Waals surface area contributed by atoms with E-state index in [1.807, 2.05) is 0 Å². The molecule has 0 aliphatic heterocycles. The second-order valence-electron chi connectivity index (χ2n) is 12.2. The Bertz CT molecular complexity index is 753. The summed E-state index contributed by atoms with van der Waals surface area (Å²) in [7, 11) is 1.43. The third-order valence-electron chi connectivity index (χ3n) is 10.8. The highest BCUT2D eigenvalue weighted by Gasteiger charge is 2.66.